The summed E-state index contributed by atoms with van der Waals surface area (Å²) in [4.78, 5) is 16.9. The van der Waals surface area contributed by atoms with E-state index in [9.17, 15) is 4.79 Å². The van der Waals surface area contributed by atoms with Crippen molar-refractivity contribution in [2.75, 3.05) is 6.61 Å². The van der Waals surface area contributed by atoms with Crippen molar-refractivity contribution in [3.63, 3.8) is 0 Å². The van der Waals surface area contributed by atoms with Gasteiger partial charge in [0.1, 0.15) is 6.61 Å². The molecule has 0 radical (unpaired) electrons. The first kappa shape index (κ1) is 25.2. The van der Waals surface area contributed by atoms with Crippen LogP contribution in [0.15, 0.2) is 80.3 Å². The van der Waals surface area contributed by atoms with Gasteiger partial charge < -0.3 is 14.2 Å². The number of esters is 1. The molecule has 180 valence electrons. The van der Waals surface area contributed by atoms with E-state index in [0.29, 0.717) is 41.0 Å². The predicted molar refractivity (Wildman–Crippen MR) is 145 cm³/mol. The van der Waals surface area contributed by atoms with Gasteiger partial charge in [0.05, 0.1) is 11.1 Å². The van der Waals surface area contributed by atoms with Crippen molar-refractivity contribution in [2.24, 2.45) is 4.99 Å². The minimum absolute atomic E-state index is 0.227. The fourth-order valence-electron chi connectivity index (χ4n) is 3.56. The third-order valence-electron chi connectivity index (χ3n) is 5.35. The van der Waals surface area contributed by atoms with Crippen molar-refractivity contribution < 1.29 is 19.0 Å². The van der Waals surface area contributed by atoms with Crippen molar-refractivity contribution in [3.8, 4) is 11.5 Å². The SMILES string of the molecule is CCOc1cc(/C=C2\N=C(c3ccc(C(C)C)cc3)OC2=O)cc(Br)c1OCc1cccc(Br)c1. The van der Waals surface area contributed by atoms with Gasteiger partial charge in [0.15, 0.2) is 17.2 Å². The third-order valence-corrected chi connectivity index (χ3v) is 6.43. The van der Waals surface area contributed by atoms with Crippen molar-refractivity contribution in [1.82, 2.24) is 0 Å². The highest BCUT2D eigenvalue weighted by Crippen LogP contribution is 2.38. The molecule has 0 saturated heterocycles. The van der Waals surface area contributed by atoms with Gasteiger partial charge in [0.2, 0.25) is 5.90 Å². The molecule has 1 aliphatic rings. The van der Waals surface area contributed by atoms with Crippen LogP contribution in [0.3, 0.4) is 0 Å². The van der Waals surface area contributed by atoms with Crippen LogP contribution in [-0.4, -0.2) is 18.5 Å². The molecule has 4 rings (SSSR count). The first-order valence-electron chi connectivity index (χ1n) is 11.3. The molecule has 0 spiro atoms. The summed E-state index contributed by atoms with van der Waals surface area (Å²) in [6.07, 6.45) is 1.68. The van der Waals surface area contributed by atoms with Crippen LogP contribution in [0.5, 0.6) is 11.5 Å². The number of hydrogen-bond acceptors (Lipinski definition) is 5. The van der Waals surface area contributed by atoms with Crippen LogP contribution in [0.1, 0.15) is 48.9 Å². The molecule has 0 bridgehead atoms. The minimum Gasteiger partial charge on any atom is -0.490 e. The predicted octanol–water partition coefficient (Wildman–Crippen LogP) is 7.66. The average molecular weight is 599 g/mol. The van der Waals surface area contributed by atoms with Gasteiger partial charge in [-0.15, -0.1) is 0 Å². The van der Waals surface area contributed by atoms with Crippen molar-refractivity contribution in [1.29, 1.82) is 0 Å². The summed E-state index contributed by atoms with van der Waals surface area (Å²) in [6, 6.07) is 19.5. The van der Waals surface area contributed by atoms with Crippen LogP contribution >= 0.6 is 31.9 Å². The number of aliphatic imine (C=N–C) groups is 1. The number of cyclic esters (lactones) is 1. The molecule has 0 atom stereocenters. The minimum atomic E-state index is -0.489. The van der Waals surface area contributed by atoms with E-state index in [1.165, 1.54) is 5.56 Å². The molecular formula is C28H25Br2NO4. The van der Waals surface area contributed by atoms with Crippen molar-refractivity contribution >= 4 is 49.8 Å². The number of carbonyl (C=O) groups excluding carboxylic acids is 1. The lowest BCUT2D eigenvalue weighted by atomic mass is 10.0. The molecule has 0 N–H and O–H groups in total. The Kier molecular flexibility index (Phi) is 8.08. The zero-order valence-corrected chi connectivity index (χ0v) is 22.9. The molecular weight excluding hydrogens is 574 g/mol. The molecule has 1 heterocycles. The lowest BCUT2D eigenvalue weighted by Crippen LogP contribution is -2.05. The number of carbonyl (C=O) groups is 1. The van der Waals surface area contributed by atoms with Crippen LogP contribution in [0, 0.1) is 0 Å². The third kappa shape index (κ3) is 6.21. The van der Waals surface area contributed by atoms with Gasteiger partial charge in [0, 0.05) is 10.0 Å². The number of nitrogens with zero attached hydrogens (tertiary/aromatic N) is 1. The summed E-state index contributed by atoms with van der Waals surface area (Å²) in [5.41, 5.74) is 3.97. The number of halogens is 2. The molecule has 0 amide bonds. The summed E-state index contributed by atoms with van der Waals surface area (Å²) in [5, 5.41) is 0. The second-order valence-corrected chi connectivity index (χ2v) is 10.1. The van der Waals surface area contributed by atoms with Gasteiger partial charge in [-0.25, -0.2) is 9.79 Å². The van der Waals surface area contributed by atoms with Crippen LogP contribution in [0.2, 0.25) is 0 Å². The highest BCUT2D eigenvalue weighted by atomic mass is 79.9. The van der Waals surface area contributed by atoms with Crippen molar-refractivity contribution in [3.05, 3.63) is 97.6 Å². The van der Waals surface area contributed by atoms with Gasteiger partial charge in [-0.2, -0.15) is 0 Å². The molecule has 0 aliphatic carbocycles. The summed E-state index contributed by atoms with van der Waals surface area (Å²) >= 11 is 7.07. The normalized spacial score (nSPS) is 14.3. The van der Waals surface area contributed by atoms with Crippen LogP contribution < -0.4 is 9.47 Å². The summed E-state index contributed by atoms with van der Waals surface area (Å²) in [7, 11) is 0. The highest BCUT2D eigenvalue weighted by molar-refractivity contribution is 9.10. The largest absolute Gasteiger partial charge is 0.490 e. The smallest absolute Gasteiger partial charge is 0.363 e. The number of rotatable bonds is 8. The number of ether oxygens (including phenoxy) is 3. The standard InChI is InChI=1S/C28H25Br2NO4/c1-4-33-25-15-19(13-23(30)26(25)34-16-18-6-5-7-22(29)12-18)14-24-28(32)35-27(31-24)21-10-8-20(9-11-21)17(2)3/h5-15,17H,4,16H2,1-3H3/b24-14-. The first-order chi connectivity index (χ1) is 16.8. The van der Waals surface area contributed by atoms with Crippen LogP contribution in [0.25, 0.3) is 6.08 Å². The lowest BCUT2D eigenvalue weighted by Gasteiger charge is -2.15. The average Bonchev–Trinajstić information content (AvgIpc) is 3.19. The van der Waals surface area contributed by atoms with Crippen LogP contribution in [0.4, 0.5) is 0 Å². The zero-order chi connectivity index (χ0) is 24.9. The Balaban J connectivity index is 1.59. The van der Waals surface area contributed by atoms with E-state index in [0.717, 1.165) is 21.2 Å². The topological polar surface area (TPSA) is 57.1 Å². The fraction of sp³-hybridized carbons (Fsp3) is 0.214. The maximum atomic E-state index is 12.5. The first-order valence-corrected chi connectivity index (χ1v) is 12.9. The molecule has 5 nitrogen and oxygen atoms in total. The molecule has 0 unspecified atom stereocenters. The maximum Gasteiger partial charge on any atom is 0.363 e. The van der Waals surface area contributed by atoms with E-state index in [-0.39, 0.29) is 5.70 Å². The maximum absolute atomic E-state index is 12.5. The van der Waals surface area contributed by atoms with Gasteiger partial charge >= 0.3 is 5.97 Å². The van der Waals surface area contributed by atoms with Gasteiger partial charge in [-0.3, -0.25) is 0 Å². The Bertz CT molecular complexity index is 1300. The zero-order valence-electron chi connectivity index (χ0n) is 19.7. The summed E-state index contributed by atoms with van der Waals surface area (Å²) < 4.78 is 19.0. The molecule has 0 aromatic heterocycles. The van der Waals surface area contributed by atoms with Crippen LogP contribution in [-0.2, 0) is 16.1 Å². The second kappa shape index (κ2) is 11.2. The molecule has 1 aliphatic heterocycles. The van der Waals surface area contributed by atoms with E-state index in [2.05, 4.69) is 50.7 Å². The molecule has 3 aromatic carbocycles. The Hall–Kier alpha value is -2.90. The van der Waals surface area contributed by atoms with Crippen molar-refractivity contribution in [2.45, 2.75) is 33.3 Å². The Morgan fingerprint density at radius 2 is 1.80 bits per heavy atom. The van der Waals surface area contributed by atoms with Gasteiger partial charge in [-0.05, 0) is 87.9 Å². The quantitative estimate of drug-likeness (QED) is 0.197. The Labute approximate surface area is 222 Å². The van der Waals surface area contributed by atoms with E-state index in [4.69, 9.17) is 14.2 Å². The summed E-state index contributed by atoms with van der Waals surface area (Å²) in [5.74, 6) is 1.40. The second-order valence-electron chi connectivity index (χ2n) is 8.29. The number of benzene rings is 3. The lowest BCUT2D eigenvalue weighted by molar-refractivity contribution is -0.129. The van der Waals surface area contributed by atoms with Gasteiger partial charge in [0.25, 0.3) is 0 Å². The van der Waals surface area contributed by atoms with Gasteiger partial charge in [-0.1, -0.05) is 54.0 Å². The molecule has 35 heavy (non-hydrogen) atoms. The summed E-state index contributed by atoms with van der Waals surface area (Å²) in [6.45, 7) is 7.03. The van der Waals surface area contributed by atoms with E-state index in [1.54, 1.807) is 6.08 Å². The molecule has 0 saturated carbocycles. The Morgan fingerprint density at radius 1 is 1.03 bits per heavy atom. The molecule has 7 heteroatoms. The fourth-order valence-corrected chi connectivity index (χ4v) is 4.58. The Morgan fingerprint density at radius 3 is 2.49 bits per heavy atom. The van der Waals surface area contributed by atoms with E-state index >= 15 is 0 Å². The number of hydrogen-bond donors (Lipinski definition) is 0. The van der Waals surface area contributed by atoms with E-state index in [1.807, 2.05) is 67.6 Å². The van der Waals surface area contributed by atoms with E-state index < -0.39 is 5.97 Å². The monoisotopic (exact) mass is 597 g/mol. The highest BCUT2D eigenvalue weighted by Gasteiger charge is 2.24. The molecule has 3 aromatic rings. The molecule has 0 fully saturated rings.